The van der Waals surface area contributed by atoms with Gasteiger partial charge in [0.25, 0.3) is 5.91 Å². The number of amides is 1. The monoisotopic (exact) mass is 427 g/mol. The number of nitrogens with one attached hydrogen (secondary N) is 1. The Kier molecular flexibility index (Phi) is 7.19. The lowest BCUT2D eigenvalue weighted by molar-refractivity contribution is -0.154. The SMILES string of the molecule is Cc1ccc(-c2noc(CCC(=O)OC(C)C(=O)NCc3ccc(Cl)cc3)n2)cc1. The molecule has 2 aromatic carbocycles. The number of esters is 1. The van der Waals surface area contributed by atoms with E-state index in [0.29, 0.717) is 23.3 Å². The number of carbonyl (C=O) groups is 2. The minimum absolute atomic E-state index is 0.0321. The van der Waals surface area contributed by atoms with Crippen molar-refractivity contribution < 1.29 is 18.8 Å². The maximum absolute atomic E-state index is 12.1. The Morgan fingerprint density at radius 1 is 1.13 bits per heavy atom. The first-order valence-corrected chi connectivity index (χ1v) is 9.90. The lowest BCUT2D eigenvalue weighted by Crippen LogP contribution is -2.35. The van der Waals surface area contributed by atoms with E-state index in [9.17, 15) is 9.59 Å². The van der Waals surface area contributed by atoms with Gasteiger partial charge in [-0.3, -0.25) is 9.59 Å². The zero-order chi connectivity index (χ0) is 21.5. The first-order chi connectivity index (χ1) is 14.4. The number of nitrogens with zero attached hydrogens (tertiary/aromatic N) is 2. The van der Waals surface area contributed by atoms with Gasteiger partial charge in [0.05, 0.1) is 6.42 Å². The van der Waals surface area contributed by atoms with Crippen molar-refractivity contribution in [3.8, 4) is 11.4 Å². The second-order valence-corrected chi connectivity index (χ2v) is 7.29. The number of ether oxygens (including phenoxy) is 1. The summed E-state index contributed by atoms with van der Waals surface area (Å²) < 4.78 is 10.4. The van der Waals surface area contributed by atoms with Crippen LogP contribution in [0.25, 0.3) is 11.4 Å². The van der Waals surface area contributed by atoms with Crippen LogP contribution in [0.1, 0.15) is 30.4 Å². The molecule has 3 aromatic rings. The molecule has 1 aromatic heterocycles. The highest BCUT2D eigenvalue weighted by Gasteiger charge is 2.18. The van der Waals surface area contributed by atoms with Crippen molar-refractivity contribution in [3.63, 3.8) is 0 Å². The molecule has 0 saturated heterocycles. The summed E-state index contributed by atoms with van der Waals surface area (Å²) in [7, 11) is 0. The van der Waals surface area contributed by atoms with Gasteiger partial charge in [-0.25, -0.2) is 0 Å². The van der Waals surface area contributed by atoms with Crippen LogP contribution in [-0.4, -0.2) is 28.1 Å². The van der Waals surface area contributed by atoms with Crippen molar-refractivity contribution in [1.82, 2.24) is 15.5 Å². The van der Waals surface area contributed by atoms with E-state index < -0.39 is 12.1 Å². The maximum Gasteiger partial charge on any atom is 0.307 e. The zero-order valence-corrected chi connectivity index (χ0v) is 17.5. The second kappa shape index (κ2) is 10.0. The minimum atomic E-state index is -0.907. The smallest absolute Gasteiger partial charge is 0.307 e. The average Bonchev–Trinajstić information content (AvgIpc) is 3.21. The summed E-state index contributed by atoms with van der Waals surface area (Å²) in [5.74, 6) is -0.0901. The summed E-state index contributed by atoms with van der Waals surface area (Å²) in [4.78, 5) is 28.5. The van der Waals surface area contributed by atoms with Gasteiger partial charge < -0.3 is 14.6 Å². The number of aryl methyl sites for hydroxylation is 2. The zero-order valence-electron chi connectivity index (χ0n) is 16.7. The Morgan fingerprint density at radius 3 is 2.53 bits per heavy atom. The minimum Gasteiger partial charge on any atom is -0.453 e. The molecule has 0 bridgehead atoms. The fourth-order valence-electron chi connectivity index (χ4n) is 2.63. The Labute approximate surface area is 179 Å². The van der Waals surface area contributed by atoms with E-state index in [1.165, 1.54) is 6.92 Å². The Hall–Kier alpha value is -3.19. The topological polar surface area (TPSA) is 94.3 Å². The molecule has 0 aliphatic heterocycles. The van der Waals surface area contributed by atoms with Crippen LogP contribution in [0.5, 0.6) is 0 Å². The molecule has 1 unspecified atom stereocenters. The summed E-state index contributed by atoms with van der Waals surface area (Å²) >= 11 is 5.83. The average molecular weight is 428 g/mol. The molecule has 3 rings (SSSR count). The molecule has 1 N–H and O–H groups in total. The number of rotatable bonds is 8. The third kappa shape index (κ3) is 6.15. The molecule has 7 nitrogen and oxygen atoms in total. The molecule has 30 heavy (non-hydrogen) atoms. The highest BCUT2D eigenvalue weighted by molar-refractivity contribution is 6.30. The Morgan fingerprint density at radius 2 is 1.83 bits per heavy atom. The second-order valence-electron chi connectivity index (χ2n) is 6.85. The summed E-state index contributed by atoms with van der Waals surface area (Å²) in [5.41, 5.74) is 2.87. The molecular formula is C22H22ClN3O4. The van der Waals surface area contributed by atoms with Crippen LogP contribution in [0.3, 0.4) is 0 Å². The summed E-state index contributed by atoms with van der Waals surface area (Å²) in [6, 6.07) is 14.8. The van der Waals surface area contributed by atoms with Gasteiger partial charge in [0.2, 0.25) is 11.7 Å². The highest BCUT2D eigenvalue weighted by atomic mass is 35.5. The van der Waals surface area contributed by atoms with Crippen LogP contribution < -0.4 is 5.32 Å². The first-order valence-electron chi connectivity index (χ1n) is 9.52. The van der Waals surface area contributed by atoms with E-state index in [2.05, 4.69) is 15.5 Å². The van der Waals surface area contributed by atoms with Gasteiger partial charge in [-0.05, 0) is 31.5 Å². The molecule has 0 fully saturated rings. The third-order valence-corrected chi connectivity index (χ3v) is 4.63. The molecular weight excluding hydrogens is 406 g/mol. The molecule has 0 aliphatic carbocycles. The molecule has 1 atom stereocenters. The normalized spacial score (nSPS) is 11.7. The van der Waals surface area contributed by atoms with Gasteiger partial charge in [0.15, 0.2) is 6.10 Å². The summed E-state index contributed by atoms with van der Waals surface area (Å²) in [6.45, 7) is 3.84. The number of carbonyl (C=O) groups excluding carboxylic acids is 2. The van der Waals surface area contributed by atoms with E-state index in [1.807, 2.05) is 43.3 Å². The number of halogens is 1. The van der Waals surface area contributed by atoms with E-state index in [0.717, 1.165) is 16.7 Å². The molecule has 1 heterocycles. The quantitative estimate of drug-likeness (QED) is 0.548. The van der Waals surface area contributed by atoms with Crippen molar-refractivity contribution in [2.45, 2.75) is 39.3 Å². The molecule has 8 heteroatoms. The van der Waals surface area contributed by atoms with Crippen LogP contribution in [-0.2, 0) is 27.3 Å². The van der Waals surface area contributed by atoms with Gasteiger partial charge in [-0.15, -0.1) is 0 Å². The Balaban J connectivity index is 1.43. The van der Waals surface area contributed by atoms with E-state index in [4.69, 9.17) is 20.9 Å². The van der Waals surface area contributed by atoms with Crippen LogP contribution in [0.15, 0.2) is 53.1 Å². The van der Waals surface area contributed by atoms with Gasteiger partial charge in [0, 0.05) is 23.6 Å². The molecule has 0 radical (unpaired) electrons. The van der Waals surface area contributed by atoms with Gasteiger partial charge in [-0.2, -0.15) is 4.98 Å². The van der Waals surface area contributed by atoms with Crippen LogP contribution in [0, 0.1) is 6.92 Å². The number of hydrogen-bond donors (Lipinski definition) is 1. The van der Waals surface area contributed by atoms with Crippen LogP contribution in [0.2, 0.25) is 5.02 Å². The molecule has 0 saturated carbocycles. The van der Waals surface area contributed by atoms with Crippen LogP contribution in [0.4, 0.5) is 0 Å². The standard InChI is InChI=1S/C22H22ClN3O4/c1-14-3-7-17(8-4-14)21-25-19(30-26-21)11-12-20(27)29-15(2)22(28)24-13-16-5-9-18(23)10-6-16/h3-10,15H,11-13H2,1-2H3,(H,24,28). The number of hydrogen-bond acceptors (Lipinski definition) is 6. The van der Waals surface area contributed by atoms with E-state index >= 15 is 0 Å². The largest absolute Gasteiger partial charge is 0.453 e. The van der Waals surface area contributed by atoms with Gasteiger partial charge >= 0.3 is 5.97 Å². The van der Waals surface area contributed by atoms with Crippen molar-refractivity contribution in [2.75, 3.05) is 0 Å². The number of benzene rings is 2. The first kappa shape index (κ1) is 21.5. The third-order valence-electron chi connectivity index (χ3n) is 4.38. The molecule has 0 aliphatic rings. The van der Waals surface area contributed by atoms with Crippen molar-refractivity contribution in [3.05, 3.63) is 70.6 Å². The number of aromatic nitrogens is 2. The highest BCUT2D eigenvalue weighted by Crippen LogP contribution is 2.17. The molecule has 1 amide bonds. The van der Waals surface area contributed by atoms with Crippen molar-refractivity contribution in [2.24, 2.45) is 0 Å². The Bertz CT molecular complexity index is 1000. The summed E-state index contributed by atoms with van der Waals surface area (Å²) in [5, 5.41) is 7.28. The molecule has 0 spiro atoms. The fourth-order valence-corrected chi connectivity index (χ4v) is 2.76. The van der Waals surface area contributed by atoms with E-state index in [1.54, 1.807) is 12.1 Å². The van der Waals surface area contributed by atoms with Crippen LogP contribution >= 0.6 is 11.6 Å². The van der Waals surface area contributed by atoms with Gasteiger partial charge in [-0.1, -0.05) is 58.7 Å². The lowest BCUT2D eigenvalue weighted by atomic mass is 10.1. The van der Waals surface area contributed by atoms with Gasteiger partial charge in [0.1, 0.15) is 0 Å². The fraction of sp³-hybridized carbons (Fsp3) is 0.273. The lowest BCUT2D eigenvalue weighted by Gasteiger charge is -2.13. The van der Waals surface area contributed by atoms with Crippen molar-refractivity contribution >= 4 is 23.5 Å². The molecule has 156 valence electrons. The van der Waals surface area contributed by atoms with Crippen molar-refractivity contribution in [1.29, 1.82) is 0 Å². The summed E-state index contributed by atoms with van der Waals surface area (Å²) in [6.07, 6.45) is -0.642. The predicted octanol–water partition coefficient (Wildman–Crippen LogP) is 3.88. The predicted molar refractivity (Wildman–Crippen MR) is 112 cm³/mol. The maximum atomic E-state index is 12.1. The van der Waals surface area contributed by atoms with E-state index in [-0.39, 0.29) is 18.7 Å².